The molecule has 0 aromatic heterocycles. The maximum atomic E-state index is 11.7. The number of hydrazone groups is 1. The lowest BCUT2D eigenvalue weighted by molar-refractivity contribution is -0.384. The van der Waals surface area contributed by atoms with E-state index in [-0.39, 0.29) is 18.0 Å². The number of carbonyl (C=O) groups is 1. The van der Waals surface area contributed by atoms with Crippen molar-refractivity contribution in [2.24, 2.45) is 5.10 Å². The summed E-state index contributed by atoms with van der Waals surface area (Å²) >= 11 is 3.35. The van der Waals surface area contributed by atoms with Gasteiger partial charge in [0.15, 0.2) is 0 Å². The van der Waals surface area contributed by atoms with E-state index in [1.165, 1.54) is 12.1 Å². The van der Waals surface area contributed by atoms with Crippen LogP contribution in [0.1, 0.15) is 11.1 Å². The number of benzene rings is 2. The second-order valence-electron chi connectivity index (χ2n) is 4.45. The summed E-state index contributed by atoms with van der Waals surface area (Å²) in [5.74, 6) is -0.292. The Morgan fingerprint density at radius 3 is 2.64 bits per heavy atom. The first kappa shape index (κ1) is 15.8. The van der Waals surface area contributed by atoms with Crippen molar-refractivity contribution in [3.05, 3.63) is 74.2 Å². The van der Waals surface area contributed by atoms with Crippen molar-refractivity contribution in [3.63, 3.8) is 0 Å². The number of amides is 1. The van der Waals surface area contributed by atoms with E-state index in [0.29, 0.717) is 5.56 Å². The number of nitrogens with one attached hydrogen (secondary N) is 1. The molecule has 22 heavy (non-hydrogen) atoms. The maximum Gasteiger partial charge on any atom is 0.269 e. The second-order valence-corrected chi connectivity index (χ2v) is 5.36. The van der Waals surface area contributed by atoms with E-state index in [9.17, 15) is 14.9 Å². The lowest BCUT2D eigenvalue weighted by Gasteiger charge is -2.00. The van der Waals surface area contributed by atoms with Crippen LogP contribution in [0.3, 0.4) is 0 Å². The van der Waals surface area contributed by atoms with Gasteiger partial charge in [0.05, 0.1) is 17.6 Å². The number of nitro benzene ring substituents is 1. The molecule has 6 nitrogen and oxygen atoms in total. The molecule has 0 saturated heterocycles. The molecule has 0 bridgehead atoms. The van der Waals surface area contributed by atoms with Crippen LogP contribution < -0.4 is 5.43 Å². The summed E-state index contributed by atoms with van der Waals surface area (Å²) in [6.07, 6.45) is 1.65. The Labute approximate surface area is 135 Å². The zero-order valence-corrected chi connectivity index (χ0v) is 13.0. The Kier molecular flexibility index (Phi) is 5.37. The van der Waals surface area contributed by atoms with Gasteiger partial charge in [-0.25, -0.2) is 5.43 Å². The molecule has 1 amide bonds. The van der Waals surface area contributed by atoms with Crippen LogP contribution in [0.4, 0.5) is 5.69 Å². The van der Waals surface area contributed by atoms with Crippen LogP contribution in [0.2, 0.25) is 0 Å². The van der Waals surface area contributed by atoms with Crippen LogP contribution in [-0.4, -0.2) is 17.0 Å². The van der Waals surface area contributed by atoms with Crippen molar-refractivity contribution in [3.8, 4) is 0 Å². The second kappa shape index (κ2) is 7.46. The predicted octanol–water partition coefficient (Wildman–Crippen LogP) is 3.05. The zero-order valence-electron chi connectivity index (χ0n) is 11.4. The molecule has 0 saturated carbocycles. The molecule has 0 fully saturated rings. The lowest BCUT2D eigenvalue weighted by Crippen LogP contribution is -2.19. The van der Waals surface area contributed by atoms with Crippen molar-refractivity contribution < 1.29 is 9.72 Å². The summed E-state index contributed by atoms with van der Waals surface area (Å²) in [4.78, 5) is 21.8. The minimum Gasteiger partial charge on any atom is -0.273 e. The van der Waals surface area contributed by atoms with Gasteiger partial charge in [0, 0.05) is 16.6 Å². The molecular formula is C15H12BrN3O3. The minimum absolute atomic E-state index is 0.00293. The number of hydrogen-bond donors (Lipinski definition) is 1. The first-order valence-corrected chi connectivity index (χ1v) is 7.15. The van der Waals surface area contributed by atoms with Crippen LogP contribution >= 0.6 is 15.9 Å². The van der Waals surface area contributed by atoms with Gasteiger partial charge in [-0.05, 0) is 23.3 Å². The van der Waals surface area contributed by atoms with Gasteiger partial charge in [0.1, 0.15) is 0 Å². The number of halogens is 1. The number of carbonyl (C=O) groups excluding carboxylic acids is 1. The summed E-state index contributed by atoms with van der Waals surface area (Å²) in [5.41, 5.74) is 3.95. The van der Waals surface area contributed by atoms with Crippen molar-refractivity contribution in [1.29, 1.82) is 0 Å². The van der Waals surface area contributed by atoms with E-state index >= 15 is 0 Å². The molecule has 0 atom stereocenters. The third kappa shape index (κ3) is 4.78. The highest BCUT2D eigenvalue weighted by Gasteiger charge is 2.06. The van der Waals surface area contributed by atoms with E-state index in [1.54, 1.807) is 18.3 Å². The molecule has 7 heteroatoms. The van der Waals surface area contributed by atoms with Gasteiger partial charge in [0.25, 0.3) is 5.69 Å². The summed E-state index contributed by atoms with van der Waals surface area (Å²) < 4.78 is 0.925. The molecular weight excluding hydrogens is 350 g/mol. The Morgan fingerprint density at radius 1 is 1.27 bits per heavy atom. The molecule has 1 N–H and O–H groups in total. The quantitative estimate of drug-likeness (QED) is 0.504. The smallest absolute Gasteiger partial charge is 0.269 e. The average molecular weight is 362 g/mol. The topological polar surface area (TPSA) is 84.6 Å². The molecule has 112 valence electrons. The van der Waals surface area contributed by atoms with Gasteiger partial charge in [-0.3, -0.25) is 14.9 Å². The number of hydrogen-bond acceptors (Lipinski definition) is 4. The standard InChI is InChI=1S/C15H12BrN3O3/c16-13-3-1-2-12(8-13)10-17-18-15(20)9-11-4-6-14(7-5-11)19(21)22/h1-8,10H,9H2,(H,18,20)/b17-10+. The molecule has 0 radical (unpaired) electrons. The third-order valence-corrected chi connectivity index (χ3v) is 3.26. The Balaban J connectivity index is 1.89. The van der Waals surface area contributed by atoms with Gasteiger partial charge in [-0.15, -0.1) is 0 Å². The normalized spacial score (nSPS) is 10.6. The van der Waals surface area contributed by atoms with Gasteiger partial charge >= 0.3 is 0 Å². The number of rotatable bonds is 5. The molecule has 2 rings (SSSR count). The summed E-state index contributed by atoms with van der Waals surface area (Å²) in [7, 11) is 0. The van der Waals surface area contributed by atoms with E-state index in [1.807, 2.05) is 24.3 Å². The Morgan fingerprint density at radius 2 is 2.00 bits per heavy atom. The fraction of sp³-hybridized carbons (Fsp3) is 0.0667. The highest BCUT2D eigenvalue weighted by molar-refractivity contribution is 9.10. The van der Waals surface area contributed by atoms with Crippen molar-refractivity contribution in [2.75, 3.05) is 0 Å². The van der Waals surface area contributed by atoms with Gasteiger partial charge < -0.3 is 0 Å². The van der Waals surface area contributed by atoms with Crippen LogP contribution in [0.5, 0.6) is 0 Å². The lowest BCUT2D eigenvalue weighted by atomic mass is 10.1. The average Bonchev–Trinajstić information content (AvgIpc) is 2.48. The Hall–Kier alpha value is -2.54. The molecule has 0 aliphatic carbocycles. The molecule has 2 aromatic carbocycles. The van der Waals surface area contributed by atoms with Crippen LogP contribution in [0.15, 0.2) is 58.1 Å². The Bertz CT molecular complexity index is 714. The fourth-order valence-corrected chi connectivity index (χ4v) is 2.14. The van der Waals surface area contributed by atoms with Gasteiger partial charge in [-0.1, -0.05) is 40.2 Å². The summed E-state index contributed by atoms with van der Waals surface area (Å²) in [6.45, 7) is 0. The molecule has 0 aliphatic rings. The molecule has 0 spiro atoms. The van der Waals surface area contributed by atoms with E-state index in [0.717, 1.165) is 10.0 Å². The first-order valence-electron chi connectivity index (χ1n) is 6.35. The van der Waals surface area contributed by atoms with Crippen molar-refractivity contribution in [1.82, 2.24) is 5.43 Å². The number of non-ortho nitro benzene ring substituents is 1. The van der Waals surface area contributed by atoms with E-state index in [2.05, 4.69) is 26.5 Å². The van der Waals surface area contributed by atoms with E-state index in [4.69, 9.17) is 0 Å². The molecule has 0 heterocycles. The summed E-state index contributed by atoms with van der Waals surface area (Å²) in [5, 5.41) is 14.4. The van der Waals surface area contributed by atoms with Gasteiger partial charge in [0.2, 0.25) is 5.91 Å². The van der Waals surface area contributed by atoms with Crippen LogP contribution in [-0.2, 0) is 11.2 Å². The monoisotopic (exact) mass is 361 g/mol. The van der Waals surface area contributed by atoms with Crippen molar-refractivity contribution in [2.45, 2.75) is 6.42 Å². The SMILES string of the molecule is O=C(Cc1ccc([N+](=O)[O-])cc1)N/N=C/c1cccc(Br)c1. The molecule has 2 aromatic rings. The maximum absolute atomic E-state index is 11.7. The number of nitrogens with zero attached hydrogens (tertiary/aromatic N) is 2. The van der Waals surface area contributed by atoms with Crippen LogP contribution in [0, 0.1) is 10.1 Å². The molecule has 0 aliphatic heterocycles. The molecule has 0 unspecified atom stereocenters. The highest BCUT2D eigenvalue weighted by Crippen LogP contribution is 2.12. The third-order valence-electron chi connectivity index (χ3n) is 2.76. The highest BCUT2D eigenvalue weighted by atomic mass is 79.9. The largest absolute Gasteiger partial charge is 0.273 e. The van der Waals surface area contributed by atoms with Crippen LogP contribution in [0.25, 0.3) is 0 Å². The van der Waals surface area contributed by atoms with Crippen molar-refractivity contribution >= 4 is 33.7 Å². The number of nitro groups is 1. The predicted molar refractivity (Wildman–Crippen MR) is 86.7 cm³/mol. The first-order chi connectivity index (χ1) is 10.5. The fourth-order valence-electron chi connectivity index (χ4n) is 1.73. The van der Waals surface area contributed by atoms with Gasteiger partial charge in [-0.2, -0.15) is 5.10 Å². The minimum atomic E-state index is -0.480. The summed E-state index contributed by atoms with van der Waals surface area (Å²) in [6, 6.07) is 13.3. The van der Waals surface area contributed by atoms with E-state index < -0.39 is 4.92 Å². The zero-order chi connectivity index (χ0) is 15.9.